The predicted octanol–water partition coefficient (Wildman–Crippen LogP) is 2.11. The molecule has 1 amide bonds. The Balaban J connectivity index is 2.13. The van der Waals surface area contributed by atoms with Crippen molar-refractivity contribution in [3.63, 3.8) is 0 Å². The van der Waals surface area contributed by atoms with Gasteiger partial charge < -0.3 is 14.6 Å². The Hall–Kier alpha value is -2.45. The Morgan fingerprint density at radius 1 is 1.35 bits per heavy atom. The number of amides is 1. The van der Waals surface area contributed by atoms with Gasteiger partial charge in [-0.25, -0.2) is 4.79 Å². The minimum Gasteiger partial charge on any atom is -0.444 e. The molecular formula is C14H22N6O3. The van der Waals surface area contributed by atoms with Gasteiger partial charge in [-0.1, -0.05) is 5.16 Å². The van der Waals surface area contributed by atoms with E-state index < -0.39 is 17.2 Å². The molecule has 1 N–H and O–H groups in total. The van der Waals surface area contributed by atoms with E-state index in [0.29, 0.717) is 18.1 Å². The third kappa shape index (κ3) is 4.27. The van der Waals surface area contributed by atoms with Crippen molar-refractivity contribution in [2.24, 2.45) is 0 Å². The molecule has 0 unspecified atom stereocenters. The number of hydrogen-bond acceptors (Lipinski definition) is 7. The zero-order valence-corrected chi connectivity index (χ0v) is 14.2. The molecule has 0 aliphatic rings. The Kier molecular flexibility index (Phi) is 4.39. The average molecular weight is 322 g/mol. The van der Waals surface area contributed by atoms with Gasteiger partial charge in [0.2, 0.25) is 0 Å². The fourth-order valence-electron chi connectivity index (χ4n) is 1.74. The average Bonchev–Trinajstić information content (AvgIpc) is 3.04. The van der Waals surface area contributed by atoms with Gasteiger partial charge in [0.1, 0.15) is 11.1 Å². The van der Waals surface area contributed by atoms with Crippen LogP contribution >= 0.6 is 0 Å². The number of aromatic nitrogens is 5. The molecular weight excluding hydrogens is 300 g/mol. The van der Waals surface area contributed by atoms with Gasteiger partial charge in [0, 0.05) is 0 Å². The summed E-state index contributed by atoms with van der Waals surface area (Å²) in [5, 5.41) is 14.9. The minimum atomic E-state index is -0.856. The quantitative estimate of drug-likeness (QED) is 0.918. The van der Waals surface area contributed by atoms with Crippen molar-refractivity contribution in [2.75, 3.05) is 0 Å². The highest BCUT2D eigenvalue weighted by molar-refractivity contribution is 5.68. The van der Waals surface area contributed by atoms with Gasteiger partial charge in [0.25, 0.3) is 5.89 Å². The molecule has 0 aliphatic carbocycles. The van der Waals surface area contributed by atoms with Crippen molar-refractivity contribution in [3.05, 3.63) is 12.0 Å². The Morgan fingerprint density at radius 2 is 2.04 bits per heavy atom. The lowest BCUT2D eigenvalue weighted by Gasteiger charge is -2.26. The van der Waals surface area contributed by atoms with Gasteiger partial charge in [0.15, 0.2) is 11.5 Å². The summed E-state index contributed by atoms with van der Waals surface area (Å²) < 4.78 is 10.5. The molecule has 0 radical (unpaired) electrons. The first-order valence-electron chi connectivity index (χ1n) is 7.36. The van der Waals surface area contributed by atoms with Crippen molar-refractivity contribution in [2.45, 2.75) is 59.2 Å². The van der Waals surface area contributed by atoms with Gasteiger partial charge in [-0.05, 0) is 41.5 Å². The zero-order valence-electron chi connectivity index (χ0n) is 14.2. The molecule has 126 valence electrons. The van der Waals surface area contributed by atoms with Crippen LogP contribution in [-0.4, -0.2) is 36.8 Å². The van der Waals surface area contributed by atoms with Gasteiger partial charge >= 0.3 is 6.09 Å². The van der Waals surface area contributed by atoms with Crippen molar-refractivity contribution >= 4 is 6.09 Å². The molecule has 2 aromatic heterocycles. The monoisotopic (exact) mass is 322 g/mol. The third-order valence-corrected chi connectivity index (χ3v) is 2.84. The predicted molar refractivity (Wildman–Crippen MR) is 81.4 cm³/mol. The normalized spacial score (nSPS) is 12.3. The summed E-state index contributed by atoms with van der Waals surface area (Å²) in [6.45, 7) is 11.5. The zero-order chi connectivity index (χ0) is 17.3. The van der Waals surface area contributed by atoms with E-state index in [4.69, 9.17) is 9.26 Å². The molecule has 23 heavy (non-hydrogen) atoms. The maximum atomic E-state index is 11.9. The topological polar surface area (TPSA) is 108 Å². The minimum absolute atomic E-state index is 0.249. The second kappa shape index (κ2) is 5.98. The van der Waals surface area contributed by atoms with Crippen molar-refractivity contribution < 1.29 is 14.1 Å². The molecule has 9 nitrogen and oxygen atoms in total. The van der Waals surface area contributed by atoms with Crippen molar-refractivity contribution in [1.82, 2.24) is 30.5 Å². The Bertz CT molecular complexity index is 683. The lowest BCUT2D eigenvalue weighted by Crippen LogP contribution is -2.44. The van der Waals surface area contributed by atoms with Crippen LogP contribution in [0.2, 0.25) is 0 Å². The number of rotatable bonds is 4. The fraction of sp³-hybridized carbons (Fsp3) is 0.643. The summed E-state index contributed by atoms with van der Waals surface area (Å²) in [4.78, 5) is 17.7. The maximum absolute atomic E-state index is 11.9. The first-order valence-corrected chi connectivity index (χ1v) is 7.36. The van der Waals surface area contributed by atoms with Crippen molar-refractivity contribution in [3.8, 4) is 11.6 Å². The van der Waals surface area contributed by atoms with E-state index >= 15 is 0 Å². The van der Waals surface area contributed by atoms with E-state index in [0.717, 1.165) is 0 Å². The lowest BCUT2D eigenvalue weighted by atomic mass is 10.1. The van der Waals surface area contributed by atoms with E-state index in [1.165, 1.54) is 4.80 Å². The molecule has 0 saturated heterocycles. The Labute approximate surface area is 134 Å². The van der Waals surface area contributed by atoms with Crippen LogP contribution in [0.15, 0.2) is 10.7 Å². The number of nitrogens with one attached hydrogen (secondary N) is 1. The molecule has 0 aromatic carbocycles. The third-order valence-electron chi connectivity index (χ3n) is 2.84. The standard InChI is InChI=1S/C14H22N6O3/c1-7-20-15-8-9(18-20)10-16-11(19-23-10)14(5,6)17-12(21)22-13(2,3)4/h8H,7H2,1-6H3,(H,17,21). The van der Waals surface area contributed by atoms with Gasteiger partial charge in [-0.3, -0.25) is 0 Å². The first-order chi connectivity index (χ1) is 10.6. The summed E-state index contributed by atoms with van der Waals surface area (Å²) in [5.74, 6) is 0.572. The number of alkyl carbamates (subject to hydrolysis) is 1. The van der Waals surface area contributed by atoms with Gasteiger partial charge in [0.05, 0.1) is 12.7 Å². The van der Waals surface area contributed by atoms with E-state index in [1.54, 1.807) is 40.8 Å². The fourth-order valence-corrected chi connectivity index (χ4v) is 1.74. The molecule has 2 aromatic rings. The largest absolute Gasteiger partial charge is 0.444 e. The van der Waals surface area contributed by atoms with Crippen LogP contribution in [-0.2, 0) is 16.8 Å². The first kappa shape index (κ1) is 16.9. The van der Waals surface area contributed by atoms with Crippen LogP contribution in [0.4, 0.5) is 4.79 Å². The molecule has 2 heterocycles. The highest BCUT2D eigenvalue weighted by Crippen LogP contribution is 2.21. The molecule has 0 aliphatic heterocycles. The summed E-state index contributed by atoms with van der Waals surface area (Å²) >= 11 is 0. The molecule has 0 saturated carbocycles. The number of nitrogens with zero attached hydrogens (tertiary/aromatic N) is 5. The van der Waals surface area contributed by atoms with Crippen LogP contribution in [0.25, 0.3) is 11.6 Å². The number of ether oxygens (including phenoxy) is 1. The second-order valence-electron chi connectivity index (χ2n) is 6.59. The smallest absolute Gasteiger partial charge is 0.408 e. The number of carbonyl (C=O) groups excluding carboxylic acids is 1. The lowest BCUT2D eigenvalue weighted by molar-refractivity contribution is 0.0465. The van der Waals surface area contributed by atoms with E-state index in [1.807, 2.05) is 6.92 Å². The molecule has 0 atom stereocenters. The SMILES string of the molecule is CCn1ncc(-c2nc(C(C)(C)NC(=O)OC(C)(C)C)no2)n1. The van der Waals surface area contributed by atoms with Crippen LogP contribution in [0.1, 0.15) is 47.4 Å². The van der Waals surface area contributed by atoms with E-state index in [9.17, 15) is 4.79 Å². The highest BCUT2D eigenvalue weighted by Gasteiger charge is 2.31. The number of carbonyl (C=O) groups is 1. The molecule has 0 fully saturated rings. The molecule has 0 bridgehead atoms. The van der Waals surface area contributed by atoms with E-state index in [-0.39, 0.29) is 5.89 Å². The number of hydrogen-bond donors (Lipinski definition) is 1. The van der Waals surface area contributed by atoms with Gasteiger partial charge in [-0.2, -0.15) is 14.9 Å². The van der Waals surface area contributed by atoms with Gasteiger partial charge in [-0.15, -0.1) is 5.10 Å². The summed E-state index contributed by atoms with van der Waals surface area (Å²) in [7, 11) is 0. The number of aryl methyl sites for hydroxylation is 1. The maximum Gasteiger partial charge on any atom is 0.408 e. The molecule has 0 spiro atoms. The van der Waals surface area contributed by atoms with Crippen molar-refractivity contribution in [1.29, 1.82) is 0 Å². The van der Waals surface area contributed by atoms with E-state index in [2.05, 4.69) is 25.7 Å². The second-order valence-corrected chi connectivity index (χ2v) is 6.59. The summed E-state index contributed by atoms with van der Waals surface area (Å²) in [6.07, 6.45) is 1.00. The van der Waals surface area contributed by atoms with Crippen LogP contribution in [0.5, 0.6) is 0 Å². The van der Waals surface area contributed by atoms with Crippen LogP contribution in [0, 0.1) is 0 Å². The molecule has 2 rings (SSSR count). The summed E-state index contributed by atoms with van der Waals surface area (Å²) in [6, 6.07) is 0. The Morgan fingerprint density at radius 3 is 2.61 bits per heavy atom. The van der Waals surface area contributed by atoms with Crippen LogP contribution < -0.4 is 5.32 Å². The molecule has 9 heteroatoms. The highest BCUT2D eigenvalue weighted by atomic mass is 16.6. The van der Waals surface area contributed by atoms with Crippen LogP contribution in [0.3, 0.4) is 0 Å². The summed E-state index contributed by atoms with van der Waals surface area (Å²) in [5.41, 5.74) is -0.954.